The second kappa shape index (κ2) is 8.48. The van der Waals surface area contributed by atoms with E-state index >= 15 is 0 Å². The Morgan fingerprint density at radius 1 is 1.07 bits per heavy atom. The molecule has 1 atom stereocenters. The number of aryl methyl sites for hydroxylation is 1. The molecule has 4 rings (SSSR count). The van der Waals surface area contributed by atoms with Gasteiger partial charge in [-0.05, 0) is 73.7 Å². The molecule has 1 saturated heterocycles. The van der Waals surface area contributed by atoms with Crippen LogP contribution in [0.2, 0.25) is 0 Å². The van der Waals surface area contributed by atoms with Gasteiger partial charge < -0.3 is 9.64 Å². The third-order valence-corrected chi connectivity index (χ3v) is 5.45. The van der Waals surface area contributed by atoms with Crippen LogP contribution in [0.15, 0.2) is 66.7 Å². The van der Waals surface area contributed by atoms with Crippen LogP contribution in [0.3, 0.4) is 0 Å². The monoisotopic (exact) mass is 386 g/mol. The maximum Gasteiger partial charge on any atom is 0.254 e. The average molecular weight is 386 g/mol. The molecule has 1 fully saturated rings. The minimum Gasteiger partial charge on any atom is -0.497 e. The molecule has 1 aliphatic heterocycles. The van der Waals surface area contributed by atoms with Gasteiger partial charge in [-0.1, -0.05) is 30.3 Å². The molecule has 1 aliphatic rings. The van der Waals surface area contributed by atoms with Gasteiger partial charge in [0.05, 0.1) is 18.8 Å². The van der Waals surface area contributed by atoms with Gasteiger partial charge in [0.15, 0.2) is 0 Å². The van der Waals surface area contributed by atoms with E-state index in [4.69, 9.17) is 9.72 Å². The van der Waals surface area contributed by atoms with Gasteiger partial charge in [0.1, 0.15) is 5.75 Å². The smallest absolute Gasteiger partial charge is 0.254 e. The first-order chi connectivity index (χ1) is 14.1. The molecular weight excluding hydrogens is 360 g/mol. The van der Waals surface area contributed by atoms with Crippen LogP contribution in [0, 0.1) is 6.92 Å². The molecule has 4 heteroatoms. The third kappa shape index (κ3) is 4.32. The molecule has 0 radical (unpaired) electrons. The zero-order chi connectivity index (χ0) is 20.2. The van der Waals surface area contributed by atoms with Crippen LogP contribution in [-0.2, 0) is 6.42 Å². The summed E-state index contributed by atoms with van der Waals surface area (Å²) in [5.41, 5.74) is 5.12. The zero-order valence-corrected chi connectivity index (χ0v) is 17.0. The summed E-state index contributed by atoms with van der Waals surface area (Å²) in [7, 11) is 1.69. The summed E-state index contributed by atoms with van der Waals surface area (Å²) < 4.78 is 5.35. The second-order valence-electron chi connectivity index (χ2n) is 7.59. The SMILES string of the molecule is COc1cccc(Cc2cc(C)nc([C@H]3CCCN3C(=O)c3ccccc3)c2)c1. The van der Waals surface area contributed by atoms with Crippen LogP contribution >= 0.6 is 0 Å². The number of likely N-dealkylation sites (tertiary alicyclic amines) is 1. The van der Waals surface area contributed by atoms with Gasteiger partial charge in [-0.25, -0.2) is 0 Å². The van der Waals surface area contributed by atoms with E-state index in [0.717, 1.165) is 48.5 Å². The van der Waals surface area contributed by atoms with Crippen molar-refractivity contribution in [2.24, 2.45) is 0 Å². The topological polar surface area (TPSA) is 42.4 Å². The van der Waals surface area contributed by atoms with Gasteiger partial charge in [0.2, 0.25) is 0 Å². The number of methoxy groups -OCH3 is 1. The van der Waals surface area contributed by atoms with Gasteiger partial charge in [-0.3, -0.25) is 9.78 Å². The zero-order valence-electron chi connectivity index (χ0n) is 17.0. The molecule has 0 N–H and O–H groups in total. The van der Waals surface area contributed by atoms with Crippen molar-refractivity contribution in [1.82, 2.24) is 9.88 Å². The lowest BCUT2D eigenvalue weighted by atomic mass is 10.0. The summed E-state index contributed by atoms with van der Waals surface area (Å²) in [6.45, 7) is 2.80. The van der Waals surface area contributed by atoms with Crippen LogP contribution in [0.4, 0.5) is 0 Å². The molecule has 0 spiro atoms. The molecular formula is C25H26N2O2. The number of hydrogen-bond donors (Lipinski definition) is 0. The summed E-state index contributed by atoms with van der Waals surface area (Å²) >= 11 is 0. The van der Waals surface area contributed by atoms with Crippen molar-refractivity contribution in [1.29, 1.82) is 0 Å². The molecule has 0 aliphatic carbocycles. The maximum absolute atomic E-state index is 13.0. The van der Waals surface area contributed by atoms with E-state index < -0.39 is 0 Å². The fourth-order valence-corrected chi connectivity index (χ4v) is 4.12. The Balaban J connectivity index is 1.60. The number of amides is 1. The quantitative estimate of drug-likeness (QED) is 0.622. The molecule has 0 unspecified atom stereocenters. The Morgan fingerprint density at radius 2 is 1.90 bits per heavy atom. The van der Waals surface area contributed by atoms with Crippen molar-refractivity contribution < 1.29 is 9.53 Å². The molecule has 3 aromatic rings. The number of carbonyl (C=O) groups is 1. The van der Waals surface area contributed by atoms with Gasteiger partial charge in [-0.15, -0.1) is 0 Å². The Hall–Kier alpha value is -3.14. The standard InChI is InChI=1S/C25H26N2O2/c1-18-14-20(15-19-8-6-11-22(16-19)29-2)17-23(26-18)24-12-7-13-27(24)25(28)21-9-4-3-5-10-21/h3-6,8-11,14,16-17,24H,7,12-13,15H2,1-2H3/t24-/m1/s1. The Morgan fingerprint density at radius 3 is 2.69 bits per heavy atom. The first-order valence-electron chi connectivity index (χ1n) is 10.1. The number of aromatic nitrogens is 1. The summed E-state index contributed by atoms with van der Waals surface area (Å²) in [6, 6.07) is 22.0. The molecule has 2 heterocycles. The largest absolute Gasteiger partial charge is 0.497 e. The number of nitrogens with zero attached hydrogens (tertiary/aromatic N) is 2. The predicted octanol–water partition coefficient (Wildman–Crippen LogP) is 4.97. The van der Waals surface area contributed by atoms with E-state index in [9.17, 15) is 4.79 Å². The fraction of sp³-hybridized carbons (Fsp3) is 0.280. The van der Waals surface area contributed by atoms with Crippen LogP contribution in [-0.4, -0.2) is 29.4 Å². The summed E-state index contributed by atoms with van der Waals surface area (Å²) in [4.78, 5) is 19.8. The van der Waals surface area contributed by atoms with Crippen molar-refractivity contribution in [3.05, 3.63) is 94.8 Å². The lowest BCUT2D eigenvalue weighted by Gasteiger charge is -2.25. The number of pyridine rings is 1. The molecule has 1 amide bonds. The first-order valence-corrected chi connectivity index (χ1v) is 10.1. The molecule has 148 valence electrons. The van der Waals surface area contributed by atoms with Crippen LogP contribution < -0.4 is 4.74 Å². The van der Waals surface area contributed by atoms with E-state index in [0.29, 0.717) is 0 Å². The number of rotatable bonds is 5. The second-order valence-corrected chi connectivity index (χ2v) is 7.59. The summed E-state index contributed by atoms with van der Waals surface area (Å²) in [5.74, 6) is 0.953. The van der Waals surface area contributed by atoms with E-state index in [1.165, 1.54) is 11.1 Å². The van der Waals surface area contributed by atoms with Crippen LogP contribution in [0.1, 0.15) is 51.8 Å². The van der Waals surface area contributed by atoms with Crippen molar-refractivity contribution in [2.75, 3.05) is 13.7 Å². The van der Waals surface area contributed by atoms with E-state index in [2.05, 4.69) is 24.3 Å². The first kappa shape index (κ1) is 19.2. The number of ether oxygens (including phenoxy) is 1. The van der Waals surface area contributed by atoms with Gasteiger partial charge in [0.25, 0.3) is 5.91 Å². The average Bonchev–Trinajstić information content (AvgIpc) is 3.23. The highest BCUT2D eigenvalue weighted by atomic mass is 16.5. The van der Waals surface area contributed by atoms with Crippen molar-refractivity contribution in [3.63, 3.8) is 0 Å². The van der Waals surface area contributed by atoms with Gasteiger partial charge >= 0.3 is 0 Å². The Labute approximate surface area is 172 Å². The Kier molecular flexibility index (Phi) is 5.61. The summed E-state index contributed by atoms with van der Waals surface area (Å²) in [6.07, 6.45) is 2.77. The third-order valence-electron chi connectivity index (χ3n) is 5.45. The molecule has 29 heavy (non-hydrogen) atoms. The lowest BCUT2D eigenvalue weighted by molar-refractivity contribution is 0.0732. The highest BCUT2D eigenvalue weighted by Crippen LogP contribution is 2.33. The van der Waals surface area contributed by atoms with E-state index in [-0.39, 0.29) is 11.9 Å². The van der Waals surface area contributed by atoms with Gasteiger partial charge in [0, 0.05) is 17.8 Å². The molecule has 0 bridgehead atoms. The molecule has 2 aromatic carbocycles. The maximum atomic E-state index is 13.0. The van der Waals surface area contributed by atoms with E-state index in [1.807, 2.05) is 54.3 Å². The number of benzene rings is 2. The number of carbonyl (C=O) groups excluding carboxylic acids is 1. The Bertz CT molecular complexity index is 1000. The highest BCUT2D eigenvalue weighted by molar-refractivity contribution is 5.94. The van der Waals surface area contributed by atoms with Crippen molar-refractivity contribution >= 4 is 5.91 Å². The predicted molar refractivity (Wildman–Crippen MR) is 114 cm³/mol. The highest BCUT2D eigenvalue weighted by Gasteiger charge is 2.31. The van der Waals surface area contributed by atoms with E-state index in [1.54, 1.807) is 7.11 Å². The molecule has 0 saturated carbocycles. The van der Waals surface area contributed by atoms with Crippen LogP contribution in [0.5, 0.6) is 5.75 Å². The van der Waals surface area contributed by atoms with Crippen molar-refractivity contribution in [2.45, 2.75) is 32.2 Å². The minimum absolute atomic E-state index is 0.0339. The lowest BCUT2D eigenvalue weighted by Crippen LogP contribution is -2.31. The van der Waals surface area contributed by atoms with Crippen molar-refractivity contribution in [3.8, 4) is 5.75 Å². The fourth-order valence-electron chi connectivity index (χ4n) is 4.12. The minimum atomic E-state index is 0.0339. The molecule has 4 nitrogen and oxygen atoms in total. The molecule has 1 aromatic heterocycles. The number of hydrogen-bond acceptors (Lipinski definition) is 3. The summed E-state index contributed by atoms with van der Waals surface area (Å²) in [5, 5.41) is 0. The normalized spacial score (nSPS) is 16.1. The van der Waals surface area contributed by atoms with Gasteiger partial charge in [-0.2, -0.15) is 0 Å². The van der Waals surface area contributed by atoms with Crippen LogP contribution in [0.25, 0.3) is 0 Å².